The predicted octanol–water partition coefficient (Wildman–Crippen LogP) is 6.22. The first-order valence-electron chi connectivity index (χ1n) is 18.9. The first-order valence-corrected chi connectivity index (χ1v) is 18.9. The minimum atomic E-state index is -0.676. The van der Waals surface area contributed by atoms with Crippen molar-refractivity contribution >= 4 is 40.0 Å². The Balaban J connectivity index is 1.08. The topological polar surface area (TPSA) is 109 Å². The molecule has 2 amide bonds. The van der Waals surface area contributed by atoms with Crippen LogP contribution in [0.5, 0.6) is 0 Å². The van der Waals surface area contributed by atoms with E-state index in [-0.39, 0.29) is 35.7 Å². The number of nitrogens with one attached hydrogen (secondary N) is 1. The highest BCUT2D eigenvalue weighted by Gasteiger charge is 2.56. The molecule has 12 heteroatoms. The van der Waals surface area contributed by atoms with Crippen molar-refractivity contribution in [1.29, 1.82) is 0 Å². The molecule has 7 heterocycles. The molecule has 0 bridgehead atoms. The van der Waals surface area contributed by atoms with Crippen LogP contribution in [0.3, 0.4) is 0 Å². The van der Waals surface area contributed by atoms with Crippen LogP contribution in [-0.2, 0) is 19.7 Å². The van der Waals surface area contributed by atoms with Gasteiger partial charge in [-0.3, -0.25) is 19.5 Å². The summed E-state index contributed by atoms with van der Waals surface area (Å²) in [5, 5.41) is 3.23. The number of amides is 2. The van der Waals surface area contributed by atoms with E-state index >= 15 is 0 Å². The maximum Gasteiger partial charge on any atom is 0.251 e. The number of rotatable bonds is 7. The van der Waals surface area contributed by atoms with Crippen molar-refractivity contribution < 1.29 is 18.7 Å². The lowest BCUT2D eigenvalue weighted by atomic mass is 9.73. The van der Waals surface area contributed by atoms with E-state index in [1.54, 1.807) is 18.6 Å². The second kappa shape index (κ2) is 12.3. The SMILES string of the molecule is CC(C)n1cnc2cc(-c3ccc4c(c3)N([C@H]3C[C@@H](N5CCC(C)(C)C5)C3)C(=O)C43CCN(C(=O)[C@@H]4CCO4)CC3)nc(Nc3ccncc3F)c21. The number of halogens is 1. The Morgan fingerprint density at radius 2 is 1.85 bits per heavy atom. The zero-order valence-electron chi connectivity index (χ0n) is 30.4. The van der Waals surface area contributed by atoms with Gasteiger partial charge in [-0.1, -0.05) is 26.0 Å². The van der Waals surface area contributed by atoms with Crippen molar-refractivity contribution in [2.75, 3.05) is 43.0 Å². The van der Waals surface area contributed by atoms with Crippen LogP contribution in [0.4, 0.5) is 21.6 Å². The average Bonchev–Trinajstić information content (AvgIpc) is 3.74. The molecular weight excluding hydrogens is 659 g/mol. The third kappa shape index (κ3) is 5.39. The molecule has 272 valence electrons. The molecule has 1 aromatic carbocycles. The third-order valence-electron chi connectivity index (χ3n) is 12.4. The Labute approximate surface area is 303 Å². The number of ether oxygens (including phenoxy) is 1. The number of nitrogens with zero attached hydrogens (tertiary/aromatic N) is 7. The first kappa shape index (κ1) is 33.4. The normalized spacial score (nSPS) is 25.1. The number of imidazole rings is 1. The van der Waals surface area contributed by atoms with Crippen LogP contribution >= 0.6 is 0 Å². The van der Waals surface area contributed by atoms with Gasteiger partial charge in [-0.2, -0.15) is 0 Å². The summed E-state index contributed by atoms with van der Waals surface area (Å²) in [6, 6.07) is 10.6. The number of piperidine rings is 1. The summed E-state index contributed by atoms with van der Waals surface area (Å²) >= 11 is 0. The summed E-state index contributed by atoms with van der Waals surface area (Å²) < 4.78 is 22.4. The summed E-state index contributed by atoms with van der Waals surface area (Å²) in [5.41, 5.74) is 4.98. The highest BCUT2D eigenvalue weighted by molar-refractivity contribution is 6.09. The highest BCUT2D eigenvalue weighted by Crippen LogP contribution is 2.52. The Hall–Kier alpha value is -4.42. The lowest BCUT2D eigenvalue weighted by molar-refractivity contribution is -0.158. The predicted molar refractivity (Wildman–Crippen MR) is 197 cm³/mol. The molecular formula is C40H47FN8O3. The van der Waals surface area contributed by atoms with Gasteiger partial charge in [0, 0.05) is 61.6 Å². The number of carbonyl (C=O) groups excluding carboxylic acids is 2. The smallest absolute Gasteiger partial charge is 0.251 e. The number of carbonyl (C=O) groups is 2. The summed E-state index contributed by atoms with van der Waals surface area (Å²) in [7, 11) is 0. The summed E-state index contributed by atoms with van der Waals surface area (Å²) in [6.07, 6.45) is 9.23. The van der Waals surface area contributed by atoms with Gasteiger partial charge in [-0.15, -0.1) is 0 Å². The van der Waals surface area contributed by atoms with Gasteiger partial charge >= 0.3 is 0 Å². The van der Waals surface area contributed by atoms with E-state index in [0.29, 0.717) is 55.5 Å². The lowest BCUT2D eigenvalue weighted by Crippen LogP contribution is -2.58. The number of hydrogen-bond donors (Lipinski definition) is 1. The van der Waals surface area contributed by atoms with E-state index < -0.39 is 11.2 Å². The molecule has 11 nitrogen and oxygen atoms in total. The standard InChI is InChI=1S/C40H47FN8O3/c1-24(2)48-23-43-32-20-31(45-36(35(32)48)44-30-7-12-42-21-29(30)41)25-5-6-28-33(17-25)49(27-18-26(19-27)47-13-9-39(3,4)22-47)38(51)40(28)10-14-46(15-11-40)37(50)34-8-16-52-34/h5-7,12,17,20-21,23-24,26-27,34H,8-11,13-16,18-19,22H2,1-4H3,(H,42,44,45)/t26-,27+,34-/m0/s1. The number of fused-ring (bicyclic) bond motifs is 3. The second-order valence-electron chi connectivity index (χ2n) is 16.6. The largest absolute Gasteiger partial charge is 0.368 e. The van der Waals surface area contributed by atoms with Crippen LogP contribution in [0.1, 0.15) is 77.8 Å². The molecule has 3 aromatic heterocycles. The van der Waals surface area contributed by atoms with Crippen molar-refractivity contribution in [2.45, 2.75) is 95.9 Å². The molecule has 1 atom stereocenters. The molecule has 4 fully saturated rings. The summed E-state index contributed by atoms with van der Waals surface area (Å²) in [6.45, 7) is 12.7. The van der Waals surface area contributed by atoms with Crippen LogP contribution in [0, 0.1) is 11.2 Å². The molecule has 1 aliphatic carbocycles. The molecule has 52 heavy (non-hydrogen) atoms. The highest BCUT2D eigenvalue weighted by atomic mass is 19.1. The van der Waals surface area contributed by atoms with Crippen molar-refractivity contribution in [3.05, 3.63) is 60.4 Å². The van der Waals surface area contributed by atoms with Gasteiger partial charge in [-0.05, 0) is 81.7 Å². The summed E-state index contributed by atoms with van der Waals surface area (Å²) in [4.78, 5) is 48.3. The van der Waals surface area contributed by atoms with E-state index in [1.165, 1.54) is 12.6 Å². The number of anilines is 3. The zero-order chi connectivity index (χ0) is 35.9. The van der Waals surface area contributed by atoms with E-state index in [9.17, 15) is 14.0 Å². The molecule has 1 spiro atoms. The van der Waals surface area contributed by atoms with Crippen molar-refractivity contribution in [1.82, 2.24) is 29.3 Å². The first-order chi connectivity index (χ1) is 25.0. The number of hydrogen-bond acceptors (Lipinski definition) is 8. The molecule has 0 unspecified atom stereocenters. The molecule has 9 rings (SSSR count). The molecule has 4 aromatic rings. The van der Waals surface area contributed by atoms with Crippen LogP contribution in [0.15, 0.2) is 49.1 Å². The molecule has 5 aliphatic rings. The van der Waals surface area contributed by atoms with Crippen molar-refractivity contribution in [3.63, 3.8) is 0 Å². The van der Waals surface area contributed by atoms with E-state index in [4.69, 9.17) is 14.7 Å². The van der Waals surface area contributed by atoms with Gasteiger partial charge < -0.3 is 24.4 Å². The van der Waals surface area contributed by atoms with E-state index in [2.05, 4.69) is 66.0 Å². The average molecular weight is 707 g/mol. The minimum absolute atomic E-state index is 0.0479. The van der Waals surface area contributed by atoms with Crippen molar-refractivity contribution in [2.24, 2.45) is 5.41 Å². The second-order valence-corrected chi connectivity index (χ2v) is 16.6. The van der Waals surface area contributed by atoms with E-state index in [0.717, 1.165) is 60.2 Å². The monoisotopic (exact) mass is 706 g/mol. The number of benzene rings is 1. The lowest BCUT2D eigenvalue weighted by Gasteiger charge is -2.47. The van der Waals surface area contributed by atoms with Crippen LogP contribution in [-0.4, -0.2) is 92.1 Å². The van der Waals surface area contributed by atoms with Gasteiger partial charge in [0.2, 0.25) is 5.91 Å². The maximum absolute atomic E-state index is 14.9. The molecule has 1 N–H and O–H groups in total. The van der Waals surface area contributed by atoms with Crippen LogP contribution < -0.4 is 10.2 Å². The Bertz CT molecular complexity index is 2060. The number of aromatic nitrogens is 4. The maximum atomic E-state index is 14.9. The Kier molecular flexibility index (Phi) is 7.93. The van der Waals surface area contributed by atoms with Crippen LogP contribution in [0.25, 0.3) is 22.3 Å². The van der Waals surface area contributed by atoms with Gasteiger partial charge in [0.1, 0.15) is 11.6 Å². The van der Waals surface area contributed by atoms with Gasteiger partial charge in [0.25, 0.3) is 5.91 Å². The molecule has 1 saturated carbocycles. The summed E-state index contributed by atoms with van der Waals surface area (Å²) in [5.74, 6) is 0.231. The fourth-order valence-corrected chi connectivity index (χ4v) is 9.16. The zero-order valence-corrected chi connectivity index (χ0v) is 30.4. The van der Waals surface area contributed by atoms with Gasteiger partial charge in [0.15, 0.2) is 11.6 Å². The minimum Gasteiger partial charge on any atom is -0.368 e. The molecule has 0 radical (unpaired) electrons. The molecule has 3 saturated heterocycles. The third-order valence-corrected chi connectivity index (χ3v) is 12.4. The van der Waals surface area contributed by atoms with Crippen LogP contribution in [0.2, 0.25) is 0 Å². The fourth-order valence-electron chi connectivity index (χ4n) is 9.16. The fraction of sp³-hybridized carbons (Fsp3) is 0.525. The Morgan fingerprint density at radius 1 is 1.06 bits per heavy atom. The quantitative estimate of drug-likeness (QED) is 0.242. The van der Waals surface area contributed by atoms with Gasteiger partial charge in [-0.25, -0.2) is 14.4 Å². The van der Waals surface area contributed by atoms with Crippen molar-refractivity contribution in [3.8, 4) is 11.3 Å². The van der Waals surface area contributed by atoms with E-state index in [1.807, 2.05) is 15.5 Å². The number of likely N-dealkylation sites (tertiary alicyclic amines) is 2. The van der Waals surface area contributed by atoms with Gasteiger partial charge in [0.05, 0.1) is 41.4 Å². The number of pyridine rings is 2. The molecule has 4 aliphatic heterocycles. The Morgan fingerprint density at radius 3 is 2.52 bits per heavy atom.